The van der Waals surface area contributed by atoms with E-state index in [1.54, 1.807) is 30.6 Å². The summed E-state index contributed by atoms with van der Waals surface area (Å²) in [5.74, 6) is -0.229. The Bertz CT molecular complexity index is 1060. The summed E-state index contributed by atoms with van der Waals surface area (Å²) in [4.78, 5) is 11.9. The number of nitrogens with one attached hydrogen (secondary N) is 2. The maximum atomic E-state index is 12.6. The van der Waals surface area contributed by atoms with Gasteiger partial charge in [-0.2, -0.15) is 0 Å². The van der Waals surface area contributed by atoms with E-state index < -0.39 is 10.0 Å². The van der Waals surface area contributed by atoms with Gasteiger partial charge in [0.25, 0.3) is 15.9 Å². The lowest BCUT2D eigenvalue weighted by atomic mass is 10.1. The van der Waals surface area contributed by atoms with Gasteiger partial charge in [-0.05, 0) is 36.4 Å². The molecule has 5 nitrogen and oxygen atoms in total. The van der Waals surface area contributed by atoms with Gasteiger partial charge < -0.3 is 5.32 Å². The van der Waals surface area contributed by atoms with Gasteiger partial charge in [-0.3, -0.25) is 9.52 Å². The Kier molecular flexibility index (Phi) is 4.92. The summed E-state index contributed by atoms with van der Waals surface area (Å²) in [6.45, 7) is 0. The maximum Gasteiger partial charge on any atom is 0.261 e. The second-order valence-electron chi connectivity index (χ2n) is 5.15. The number of anilines is 1. The van der Waals surface area contributed by atoms with Gasteiger partial charge in [0, 0.05) is 38.2 Å². The summed E-state index contributed by atoms with van der Waals surface area (Å²) < 4.78 is 28.5. The van der Waals surface area contributed by atoms with Gasteiger partial charge in [-0.1, -0.05) is 23.2 Å². The van der Waals surface area contributed by atoms with Gasteiger partial charge in [-0.15, -0.1) is 11.3 Å². The fraction of sp³-hybridized carbons (Fsp3) is 0.0625. The average molecular weight is 415 g/mol. The first-order chi connectivity index (χ1) is 11.8. The van der Waals surface area contributed by atoms with E-state index in [2.05, 4.69) is 10.0 Å². The number of halogens is 2. The van der Waals surface area contributed by atoms with Crippen molar-refractivity contribution in [1.82, 2.24) is 5.32 Å². The van der Waals surface area contributed by atoms with Crippen LogP contribution >= 0.6 is 34.5 Å². The standard InChI is InChI=1S/C16H12Cl2N2O3S2/c1-19-16(21)14-8-24-15-3-2-11(7-13(14)15)20-25(22,23)12-5-9(17)4-10(18)6-12/h2-8,20H,1H3,(H,19,21). The monoisotopic (exact) mass is 414 g/mol. The van der Waals surface area contributed by atoms with Crippen LogP contribution in [0, 0.1) is 0 Å². The molecule has 2 aromatic carbocycles. The first-order valence-corrected chi connectivity index (χ1v) is 10.1. The van der Waals surface area contributed by atoms with Crippen LogP contribution in [0.2, 0.25) is 10.0 Å². The Morgan fingerprint density at radius 3 is 2.40 bits per heavy atom. The van der Waals surface area contributed by atoms with E-state index in [1.165, 1.54) is 29.5 Å². The third kappa shape index (κ3) is 3.74. The predicted molar refractivity (Wildman–Crippen MR) is 102 cm³/mol. The van der Waals surface area contributed by atoms with Gasteiger partial charge >= 0.3 is 0 Å². The Morgan fingerprint density at radius 1 is 1.08 bits per heavy atom. The molecule has 0 fully saturated rings. The van der Waals surface area contributed by atoms with Crippen LogP contribution in [0.15, 0.2) is 46.7 Å². The molecule has 3 rings (SSSR count). The van der Waals surface area contributed by atoms with Crippen molar-refractivity contribution in [2.75, 3.05) is 11.8 Å². The average Bonchev–Trinajstić information content (AvgIpc) is 2.96. The molecular weight excluding hydrogens is 403 g/mol. The number of fused-ring (bicyclic) bond motifs is 1. The second-order valence-corrected chi connectivity index (χ2v) is 8.62. The SMILES string of the molecule is CNC(=O)c1csc2ccc(NS(=O)(=O)c3cc(Cl)cc(Cl)c3)cc12. The van der Waals surface area contributed by atoms with Crippen molar-refractivity contribution < 1.29 is 13.2 Å². The molecular formula is C16H12Cl2N2O3S2. The molecule has 2 N–H and O–H groups in total. The Hall–Kier alpha value is -1.80. The highest BCUT2D eigenvalue weighted by molar-refractivity contribution is 7.92. The molecule has 1 aromatic heterocycles. The van der Waals surface area contributed by atoms with Gasteiger partial charge in [0.1, 0.15) is 0 Å². The fourth-order valence-electron chi connectivity index (χ4n) is 2.30. The summed E-state index contributed by atoms with van der Waals surface area (Å²) in [6, 6.07) is 9.10. The lowest BCUT2D eigenvalue weighted by Crippen LogP contribution is -2.17. The van der Waals surface area contributed by atoms with E-state index in [0.29, 0.717) is 16.6 Å². The molecule has 0 aliphatic heterocycles. The maximum absolute atomic E-state index is 12.6. The van der Waals surface area contributed by atoms with Crippen molar-refractivity contribution in [3.05, 3.63) is 57.4 Å². The quantitative estimate of drug-likeness (QED) is 0.665. The van der Waals surface area contributed by atoms with Gasteiger partial charge in [0.05, 0.1) is 10.5 Å². The zero-order valence-corrected chi connectivity index (χ0v) is 16.0. The molecule has 9 heteroatoms. The largest absolute Gasteiger partial charge is 0.355 e. The zero-order valence-electron chi connectivity index (χ0n) is 12.8. The summed E-state index contributed by atoms with van der Waals surface area (Å²) >= 11 is 13.2. The summed E-state index contributed by atoms with van der Waals surface area (Å²) in [6.07, 6.45) is 0. The van der Waals surface area contributed by atoms with E-state index >= 15 is 0 Å². The molecule has 0 saturated heterocycles. The van der Waals surface area contributed by atoms with Crippen molar-refractivity contribution in [2.24, 2.45) is 0 Å². The van der Waals surface area contributed by atoms with Crippen LogP contribution in [0.5, 0.6) is 0 Å². The highest BCUT2D eigenvalue weighted by Gasteiger charge is 2.17. The third-order valence-corrected chi connectivity index (χ3v) is 6.20. The number of hydrogen-bond acceptors (Lipinski definition) is 4. The minimum Gasteiger partial charge on any atom is -0.355 e. The molecule has 0 aliphatic rings. The molecule has 0 saturated carbocycles. The molecule has 130 valence electrons. The first kappa shape index (κ1) is 18.0. The van der Waals surface area contributed by atoms with E-state index in [9.17, 15) is 13.2 Å². The van der Waals surface area contributed by atoms with Gasteiger partial charge in [-0.25, -0.2) is 8.42 Å². The van der Waals surface area contributed by atoms with E-state index in [4.69, 9.17) is 23.2 Å². The molecule has 25 heavy (non-hydrogen) atoms. The van der Waals surface area contributed by atoms with Crippen LogP contribution in [-0.2, 0) is 10.0 Å². The number of carbonyl (C=O) groups is 1. The number of carbonyl (C=O) groups excluding carboxylic acids is 1. The lowest BCUT2D eigenvalue weighted by Gasteiger charge is -2.09. The van der Waals surface area contributed by atoms with Crippen molar-refractivity contribution in [2.45, 2.75) is 4.90 Å². The Labute approximate surface area is 158 Å². The minimum absolute atomic E-state index is 0.0399. The van der Waals surface area contributed by atoms with E-state index in [1.807, 2.05) is 0 Å². The van der Waals surface area contributed by atoms with Gasteiger partial charge in [0.15, 0.2) is 0 Å². The number of amides is 1. The molecule has 0 bridgehead atoms. The second kappa shape index (κ2) is 6.84. The molecule has 0 spiro atoms. The smallest absolute Gasteiger partial charge is 0.261 e. The number of thiophene rings is 1. The number of sulfonamides is 1. The van der Waals surface area contributed by atoms with Gasteiger partial charge in [0.2, 0.25) is 0 Å². The molecule has 0 atom stereocenters. The van der Waals surface area contributed by atoms with Crippen molar-refractivity contribution in [3.8, 4) is 0 Å². The predicted octanol–water partition coefficient (Wildman–Crippen LogP) is 4.37. The minimum atomic E-state index is -3.86. The number of benzene rings is 2. The van der Waals surface area contributed by atoms with Crippen molar-refractivity contribution >= 4 is 66.2 Å². The van der Waals surface area contributed by atoms with E-state index in [0.717, 1.165) is 4.70 Å². The van der Waals surface area contributed by atoms with Crippen LogP contribution < -0.4 is 10.0 Å². The Balaban J connectivity index is 2.00. The van der Waals surface area contributed by atoms with Crippen LogP contribution in [0.3, 0.4) is 0 Å². The highest BCUT2D eigenvalue weighted by atomic mass is 35.5. The zero-order chi connectivity index (χ0) is 18.2. The van der Waals surface area contributed by atoms with Crippen molar-refractivity contribution in [3.63, 3.8) is 0 Å². The molecule has 3 aromatic rings. The molecule has 0 aliphatic carbocycles. The lowest BCUT2D eigenvalue weighted by molar-refractivity contribution is 0.0965. The molecule has 0 radical (unpaired) electrons. The van der Waals surface area contributed by atoms with Crippen molar-refractivity contribution in [1.29, 1.82) is 0 Å². The molecule has 1 amide bonds. The summed E-state index contributed by atoms with van der Waals surface area (Å²) in [7, 11) is -2.32. The fourth-order valence-corrected chi connectivity index (χ4v) is 5.00. The summed E-state index contributed by atoms with van der Waals surface area (Å²) in [5, 5.41) is 5.42. The van der Waals surface area contributed by atoms with Crippen LogP contribution in [0.1, 0.15) is 10.4 Å². The number of hydrogen-bond donors (Lipinski definition) is 2. The van der Waals surface area contributed by atoms with Crippen LogP contribution in [0.4, 0.5) is 5.69 Å². The highest BCUT2D eigenvalue weighted by Crippen LogP contribution is 2.30. The van der Waals surface area contributed by atoms with Crippen LogP contribution in [-0.4, -0.2) is 21.4 Å². The summed E-state index contributed by atoms with van der Waals surface area (Å²) in [5.41, 5.74) is 0.835. The van der Waals surface area contributed by atoms with E-state index in [-0.39, 0.29) is 20.8 Å². The topological polar surface area (TPSA) is 75.3 Å². The Morgan fingerprint density at radius 2 is 1.76 bits per heavy atom. The third-order valence-electron chi connectivity index (χ3n) is 3.44. The normalized spacial score (nSPS) is 11.5. The number of rotatable bonds is 4. The molecule has 1 heterocycles. The first-order valence-electron chi connectivity index (χ1n) is 7.02. The van der Waals surface area contributed by atoms with Crippen LogP contribution in [0.25, 0.3) is 10.1 Å². The molecule has 0 unspecified atom stereocenters.